The molecule has 2 rings (SSSR count). The quantitative estimate of drug-likeness (QED) is 0.524. The third-order valence-corrected chi connectivity index (χ3v) is 4.52. The van der Waals surface area contributed by atoms with Gasteiger partial charge in [0, 0.05) is 11.3 Å². The van der Waals surface area contributed by atoms with Crippen molar-refractivity contribution in [1.29, 1.82) is 0 Å². The van der Waals surface area contributed by atoms with Crippen molar-refractivity contribution in [2.45, 2.75) is 20.8 Å². The van der Waals surface area contributed by atoms with Crippen LogP contribution < -0.4 is 24.8 Å². The Labute approximate surface area is 185 Å². The summed E-state index contributed by atoms with van der Waals surface area (Å²) in [7, 11) is 0. The Bertz CT molecular complexity index is 866. The molecule has 0 aromatic heterocycles. The zero-order valence-electron chi connectivity index (χ0n) is 16.3. The molecule has 0 aliphatic carbocycles. The molecule has 156 valence electrons. The topological polar surface area (TPSA) is 68.8 Å². The van der Waals surface area contributed by atoms with Gasteiger partial charge in [0.05, 0.1) is 29.9 Å². The van der Waals surface area contributed by atoms with E-state index in [-0.39, 0.29) is 5.11 Å². The lowest BCUT2D eigenvalue weighted by molar-refractivity contribution is 0.0976. The molecule has 29 heavy (non-hydrogen) atoms. The Kier molecular flexibility index (Phi) is 8.82. The number of benzene rings is 2. The second kappa shape index (κ2) is 11.1. The van der Waals surface area contributed by atoms with Crippen molar-refractivity contribution in [1.82, 2.24) is 5.32 Å². The van der Waals surface area contributed by atoms with Crippen LogP contribution in [-0.2, 0) is 0 Å². The summed E-state index contributed by atoms with van der Waals surface area (Å²) in [5, 5.41) is 6.42. The lowest BCUT2D eigenvalue weighted by Crippen LogP contribution is -2.34. The molecule has 0 unspecified atom stereocenters. The molecule has 0 aliphatic heterocycles. The zero-order chi connectivity index (χ0) is 21.4. The number of amides is 1. The van der Waals surface area contributed by atoms with E-state index in [1.54, 1.807) is 30.3 Å². The van der Waals surface area contributed by atoms with Crippen LogP contribution in [0.2, 0.25) is 10.0 Å². The van der Waals surface area contributed by atoms with Crippen LogP contribution in [0.25, 0.3) is 0 Å². The molecular formula is C20H22Cl2N2O4S. The Morgan fingerprint density at radius 3 is 2.03 bits per heavy atom. The Morgan fingerprint density at radius 1 is 0.931 bits per heavy atom. The maximum atomic E-state index is 12.7. The number of thiocarbonyl (C=S) groups is 1. The maximum absolute atomic E-state index is 12.7. The van der Waals surface area contributed by atoms with Crippen molar-refractivity contribution in [2.75, 3.05) is 25.1 Å². The Hall–Kier alpha value is -2.22. The van der Waals surface area contributed by atoms with Crippen LogP contribution in [0.1, 0.15) is 31.1 Å². The van der Waals surface area contributed by atoms with Gasteiger partial charge in [-0.3, -0.25) is 10.1 Å². The number of hydrogen-bond donors (Lipinski definition) is 2. The van der Waals surface area contributed by atoms with E-state index in [9.17, 15) is 4.79 Å². The minimum atomic E-state index is -0.424. The normalized spacial score (nSPS) is 10.2. The summed E-state index contributed by atoms with van der Waals surface area (Å²) in [6.45, 7) is 6.81. The van der Waals surface area contributed by atoms with Crippen LogP contribution in [0.5, 0.6) is 17.2 Å². The molecule has 9 heteroatoms. The molecule has 0 spiro atoms. The molecular weight excluding hydrogens is 435 g/mol. The number of carbonyl (C=O) groups is 1. The minimum absolute atomic E-state index is 0.109. The molecule has 2 aromatic rings. The van der Waals surface area contributed by atoms with E-state index in [4.69, 9.17) is 49.6 Å². The summed E-state index contributed by atoms with van der Waals surface area (Å²) in [4.78, 5) is 12.7. The fourth-order valence-corrected chi connectivity index (χ4v) is 2.94. The van der Waals surface area contributed by atoms with E-state index in [1.807, 2.05) is 20.8 Å². The number of nitrogens with one attached hydrogen (secondary N) is 2. The molecule has 0 aliphatic rings. The van der Waals surface area contributed by atoms with Crippen LogP contribution in [-0.4, -0.2) is 30.8 Å². The minimum Gasteiger partial charge on any atom is -0.490 e. The van der Waals surface area contributed by atoms with Crippen molar-refractivity contribution >= 4 is 52.1 Å². The lowest BCUT2D eigenvalue weighted by atomic mass is 10.1. The van der Waals surface area contributed by atoms with Crippen molar-refractivity contribution < 1.29 is 19.0 Å². The Balaban J connectivity index is 2.21. The van der Waals surface area contributed by atoms with E-state index in [2.05, 4.69) is 10.6 Å². The summed E-state index contributed by atoms with van der Waals surface area (Å²) in [5.41, 5.74) is 0.917. The fourth-order valence-electron chi connectivity index (χ4n) is 2.43. The number of rotatable bonds is 8. The van der Waals surface area contributed by atoms with E-state index < -0.39 is 5.91 Å². The van der Waals surface area contributed by atoms with Gasteiger partial charge in [0.25, 0.3) is 5.91 Å². The van der Waals surface area contributed by atoms with Crippen LogP contribution in [0.15, 0.2) is 30.3 Å². The summed E-state index contributed by atoms with van der Waals surface area (Å²) < 4.78 is 16.9. The van der Waals surface area contributed by atoms with E-state index in [0.29, 0.717) is 58.4 Å². The standard InChI is InChI=1S/C20H22Cl2N2O4S/c1-4-26-16-9-12(10-17(27-5-2)18(16)28-6-3)19(25)24-20(29)23-13-7-8-14(21)15(22)11-13/h7-11H,4-6H2,1-3H3,(H2,23,24,25,29). The molecule has 0 saturated heterocycles. The van der Waals surface area contributed by atoms with Crippen LogP contribution in [0.3, 0.4) is 0 Å². The van der Waals surface area contributed by atoms with E-state index in [1.165, 1.54) is 0 Å². The largest absolute Gasteiger partial charge is 0.490 e. The molecule has 2 N–H and O–H groups in total. The monoisotopic (exact) mass is 456 g/mol. The van der Waals surface area contributed by atoms with Crippen LogP contribution in [0.4, 0.5) is 5.69 Å². The first-order valence-corrected chi connectivity index (χ1v) is 10.2. The number of hydrogen-bond acceptors (Lipinski definition) is 5. The zero-order valence-corrected chi connectivity index (χ0v) is 18.6. The maximum Gasteiger partial charge on any atom is 0.257 e. The van der Waals surface area contributed by atoms with Gasteiger partial charge >= 0.3 is 0 Å². The van der Waals surface area contributed by atoms with Crippen LogP contribution in [0, 0.1) is 0 Å². The number of carbonyl (C=O) groups excluding carboxylic acids is 1. The van der Waals surface area contributed by atoms with Gasteiger partial charge in [-0.25, -0.2) is 0 Å². The van der Waals surface area contributed by atoms with Crippen molar-refractivity contribution in [3.63, 3.8) is 0 Å². The van der Waals surface area contributed by atoms with Gasteiger partial charge < -0.3 is 19.5 Å². The Morgan fingerprint density at radius 2 is 1.52 bits per heavy atom. The third-order valence-electron chi connectivity index (χ3n) is 3.58. The van der Waals surface area contributed by atoms with Gasteiger partial charge in [-0.15, -0.1) is 0 Å². The van der Waals surface area contributed by atoms with Gasteiger partial charge in [0.1, 0.15) is 0 Å². The first kappa shape index (κ1) is 23.1. The first-order valence-electron chi connectivity index (χ1n) is 9.03. The fraction of sp³-hybridized carbons (Fsp3) is 0.300. The SMILES string of the molecule is CCOc1cc(C(=O)NC(=S)Nc2ccc(Cl)c(Cl)c2)cc(OCC)c1OCC. The van der Waals surface area contributed by atoms with Gasteiger partial charge in [-0.2, -0.15) is 0 Å². The molecule has 0 fully saturated rings. The third kappa shape index (κ3) is 6.39. The van der Waals surface area contributed by atoms with Gasteiger partial charge in [0.15, 0.2) is 16.6 Å². The highest BCUT2D eigenvalue weighted by Crippen LogP contribution is 2.39. The van der Waals surface area contributed by atoms with Gasteiger partial charge in [0.2, 0.25) is 5.75 Å². The molecule has 1 amide bonds. The predicted octanol–water partition coefficient (Wildman–Crippen LogP) is 5.32. The van der Waals surface area contributed by atoms with Gasteiger partial charge in [-0.1, -0.05) is 23.2 Å². The summed E-state index contributed by atoms with van der Waals surface area (Å²) >= 11 is 17.1. The molecule has 0 atom stereocenters. The second-order valence-electron chi connectivity index (χ2n) is 5.64. The van der Waals surface area contributed by atoms with E-state index >= 15 is 0 Å². The summed E-state index contributed by atoms with van der Waals surface area (Å²) in [5.74, 6) is 0.888. The number of ether oxygens (including phenoxy) is 3. The van der Waals surface area contributed by atoms with Crippen molar-refractivity contribution in [2.24, 2.45) is 0 Å². The lowest BCUT2D eigenvalue weighted by Gasteiger charge is -2.17. The van der Waals surface area contributed by atoms with Gasteiger partial charge in [-0.05, 0) is 63.3 Å². The highest BCUT2D eigenvalue weighted by Gasteiger charge is 2.19. The van der Waals surface area contributed by atoms with Crippen molar-refractivity contribution in [3.8, 4) is 17.2 Å². The highest BCUT2D eigenvalue weighted by atomic mass is 35.5. The predicted molar refractivity (Wildman–Crippen MR) is 120 cm³/mol. The summed E-state index contributed by atoms with van der Waals surface area (Å²) in [6.07, 6.45) is 0. The average Bonchev–Trinajstić information content (AvgIpc) is 2.67. The average molecular weight is 457 g/mol. The number of halogens is 2. The molecule has 0 heterocycles. The second-order valence-corrected chi connectivity index (χ2v) is 6.86. The molecule has 0 bridgehead atoms. The molecule has 2 aromatic carbocycles. The first-order chi connectivity index (χ1) is 13.9. The van der Waals surface area contributed by atoms with Crippen molar-refractivity contribution in [3.05, 3.63) is 45.9 Å². The molecule has 6 nitrogen and oxygen atoms in total. The van der Waals surface area contributed by atoms with E-state index in [0.717, 1.165) is 0 Å². The molecule has 0 saturated carbocycles. The highest BCUT2D eigenvalue weighted by molar-refractivity contribution is 7.80. The van der Waals surface area contributed by atoms with Crippen LogP contribution >= 0.6 is 35.4 Å². The smallest absolute Gasteiger partial charge is 0.257 e. The molecule has 0 radical (unpaired) electrons. The number of anilines is 1. The summed E-state index contributed by atoms with van der Waals surface area (Å²) in [6, 6.07) is 8.12.